The maximum Gasteiger partial charge on any atom is 0.144 e. The van der Waals surface area contributed by atoms with Crippen molar-refractivity contribution >= 4 is 15.9 Å². The molecule has 0 atom stereocenters. The van der Waals surface area contributed by atoms with Gasteiger partial charge in [-0.2, -0.15) is 0 Å². The molecule has 1 nitrogen and oxygen atoms in total. The second-order valence-corrected chi connectivity index (χ2v) is 5.27. The molecule has 0 heterocycles. The van der Waals surface area contributed by atoms with Crippen molar-refractivity contribution in [1.29, 1.82) is 0 Å². The van der Waals surface area contributed by atoms with Crippen LogP contribution in [0.2, 0.25) is 0 Å². The van der Waals surface area contributed by atoms with Crippen LogP contribution >= 0.6 is 15.9 Å². The minimum Gasteiger partial charge on any atom is -0.308 e. The maximum atomic E-state index is 13.7. The summed E-state index contributed by atoms with van der Waals surface area (Å²) in [6, 6.07) is 10.6. The largest absolute Gasteiger partial charge is 0.308 e. The molecule has 0 aliphatic carbocycles. The molecule has 0 saturated heterocycles. The number of aryl methyl sites for hydroxylation is 1. The van der Waals surface area contributed by atoms with Gasteiger partial charge in [0, 0.05) is 18.7 Å². The Labute approximate surface area is 119 Å². The van der Waals surface area contributed by atoms with Crippen molar-refractivity contribution in [2.45, 2.75) is 20.0 Å². The highest BCUT2D eigenvalue weighted by molar-refractivity contribution is 9.10. The van der Waals surface area contributed by atoms with Crippen LogP contribution in [0.5, 0.6) is 0 Å². The van der Waals surface area contributed by atoms with Crippen molar-refractivity contribution < 1.29 is 8.78 Å². The molecule has 1 N–H and O–H groups in total. The monoisotopic (exact) mass is 325 g/mol. The average Bonchev–Trinajstić information content (AvgIpc) is 2.38. The zero-order chi connectivity index (χ0) is 13.8. The lowest BCUT2D eigenvalue weighted by molar-refractivity contribution is 0.532. The van der Waals surface area contributed by atoms with Gasteiger partial charge in [-0.1, -0.05) is 29.8 Å². The van der Waals surface area contributed by atoms with E-state index in [9.17, 15) is 8.78 Å². The van der Waals surface area contributed by atoms with Crippen molar-refractivity contribution in [3.63, 3.8) is 0 Å². The van der Waals surface area contributed by atoms with Crippen LogP contribution < -0.4 is 5.32 Å². The first-order valence-electron chi connectivity index (χ1n) is 5.96. The normalized spacial score (nSPS) is 10.7. The topological polar surface area (TPSA) is 12.0 Å². The van der Waals surface area contributed by atoms with Gasteiger partial charge in [-0.25, -0.2) is 8.78 Å². The second kappa shape index (κ2) is 6.26. The molecule has 0 amide bonds. The van der Waals surface area contributed by atoms with Gasteiger partial charge in [-0.05, 0) is 40.5 Å². The van der Waals surface area contributed by atoms with E-state index in [-0.39, 0.29) is 16.6 Å². The third-order valence-corrected chi connectivity index (χ3v) is 3.46. The van der Waals surface area contributed by atoms with Crippen molar-refractivity contribution in [1.82, 2.24) is 5.32 Å². The summed E-state index contributed by atoms with van der Waals surface area (Å²) in [5.41, 5.74) is 2.32. The van der Waals surface area contributed by atoms with Gasteiger partial charge in [0.1, 0.15) is 11.6 Å². The summed E-state index contributed by atoms with van der Waals surface area (Å²) in [5, 5.41) is 3.05. The fraction of sp³-hybridized carbons (Fsp3) is 0.200. The lowest BCUT2D eigenvalue weighted by Gasteiger charge is -2.09. The Morgan fingerprint density at radius 2 is 1.89 bits per heavy atom. The van der Waals surface area contributed by atoms with Gasteiger partial charge in [0.25, 0.3) is 0 Å². The van der Waals surface area contributed by atoms with E-state index in [1.54, 1.807) is 0 Å². The van der Waals surface area contributed by atoms with Gasteiger partial charge in [-0.3, -0.25) is 0 Å². The molecule has 19 heavy (non-hydrogen) atoms. The quantitative estimate of drug-likeness (QED) is 0.825. The van der Waals surface area contributed by atoms with E-state index in [0.717, 1.165) is 5.56 Å². The summed E-state index contributed by atoms with van der Waals surface area (Å²) in [6.07, 6.45) is 0. The Bertz CT molecular complexity index is 584. The maximum absolute atomic E-state index is 13.7. The number of halogens is 3. The predicted molar refractivity (Wildman–Crippen MR) is 75.8 cm³/mol. The van der Waals surface area contributed by atoms with E-state index in [0.29, 0.717) is 6.54 Å². The van der Waals surface area contributed by atoms with Crippen molar-refractivity contribution in [3.8, 4) is 0 Å². The molecule has 0 unspecified atom stereocenters. The molecule has 100 valence electrons. The Kier molecular flexibility index (Phi) is 4.66. The first-order chi connectivity index (χ1) is 9.08. The van der Waals surface area contributed by atoms with E-state index in [2.05, 4.69) is 21.2 Å². The van der Waals surface area contributed by atoms with Crippen molar-refractivity contribution in [3.05, 3.63) is 69.2 Å². The zero-order valence-electron chi connectivity index (χ0n) is 10.5. The molecular formula is C15H14BrF2N. The molecule has 2 aromatic rings. The van der Waals surface area contributed by atoms with E-state index in [4.69, 9.17) is 0 Å². The Hall–Kier alpha value is -1.26. The summed E-state index contributed by atoms with van der Waals surface area (Å²) in [5.74, 6) is -1.07. The van der Waals surface area contributed by atoms with Gasteiger partial charge in [0.2, 0.25) is 0 Å². The van der Waals surface area contributed by atoms with E-state index in [1.165, 1.54) is 17.7 Å². The molecule has 0 radical (unpaired) electrons. The first kappa shape index (κ1) is 14.2. The van der Waals surface area contributed by atoms with Crippen LogP contribution in [0, 0.1) is 18.6 Å². The summed E-state index contributed by atoms with van der Waals surface area (Å²) in [4.78, 5) is 0. The highest BCUT2D eigenvalue weighted by atomic mass is 79.9. The molecule has 0 aromatic heterocycles. The third-order valence-electron chi connectivity index (χ3n) is 2.85. The average molecular weight is 326 g/mol. The standard InChI is InChI=1S/C15H14BrF2N/c1-10-3-2-4-11(7-10)8-19-9-12-14(17)6-5-13(16)15(12)18/h2-7,19H,8-9H2,1H3. The molecule has 2 aromatic carbocycles. The van der Waals surface area contributed by atoms with Crippen molar-refractivity contribution in [2.24, 2.45) is 0 Å². The number of hydrogen-bond acceptors (Lipinski definition) is 1. The summed E-state index contributed by atoms with van der Waals surface area (Å²) < 4.78 is 27.5. The summed E-state index contributed by atoms with van der Waals surface area (Å²) in [6.45, 7) is 2.75. The number of rotatable bonds is 4. The van der Waals surface area contributed by atoms with Crippen LogP contribution in [-0.4, -0.2) is 0 Å². The number of hydrogen-bond donors (Lipinski definition) is 1. The van der Waals surface area contributed by atoms with Crippen LogP contribution in [0.4, 0.5) is 8.78 Å². The van der Waals surface area contributed by atoms with Gasteiger partial charge < -0.3 is 5.32 Å². The molecule has 0 aliphatic rings. The van der Waals surface area contributed by atoms with Crippen LogP contribution in [0.15, 0.2) is 40.9 Å². The molecule has 0 saturated carbocycles. The Morgan fingerprint density at radius 3 is 2.63 bits per heavy atom. The van der Waals surface area contributed by atoms with E-state index >= 15 is 0 Å². The fourth-order valence-electron chi connectivity index (χ4n) is 1.89. The van der Waals surface area contributed by atoms with Gasteiger partial charge in [0.15, 0.2) is 0 Å². The highest BCUT2D eigenvalue weighted by Gasteiger charge is 2.11. The number of benzene rings is 2. The summed E-state index contributed by atoms with van der Waals surface area (Å²) >= 11 is 3.06. The van der Waals surface area contributed by atoms with Crippen molar-refractivity contribution in [2.75, 3.05) is 0 Å². The van der Waals surface area contributed by atoms with Gasteiger partial charge in [-0.15, -0.1) is 0 Å². The first-order valence-corrected chi connectivity index (χ1v) is 6.76. The molecule has 0 aliphatic heterocycles. The molecule has 2 rings (SSSR count). The zero-order valence-corrected chi connectivity index (χ0v) is 12.1. The minimum absolute atomic E-state index is 0.0574. The highest BCUT2D eigenvalue weighted by Crippen LogP contribution is 2.21. The summed E-state index contributed by atoms with van der Waals surface area (Å²) in [7, 11) is 0. The number of nitrogens with one attached hydrogen (secondary N) is 1. The minimum atomic E-state index is -0.545. The van der Waals surface area contributed by atoms with Crippen LogP contribution in [-0.2, 0) is 13.1 Å². The predicted octanol–water partition coefficient (Wildman–Crippen LogP) is 4.33. The smallest absolute Gasteiger partial charge is 0.144 e. The Balaban J connectivity index is 2.02. The van der Waals surface area contributed by atoms with E-state index in [1.807, 2.05) is 31.2 Å². The van der Waals surface area contributed by atoms with Crippen LogP contribution in [0.25, 0.3) is 0 Å². The molecule has 0 spiro atoms. The molecule has 0 fully saturated rings. The molecule has 4 heteroatoms. The second-order valence-electron chi connectivity index (χ2n) is 4.41. The SMILES string of the molecule is Cc1cccc(CNCc2c(F)ccc(Br)c2F)c1. The molecular weight excluding hydrogens is 312 g/mol. The van der Waals surface area contributed by atoms with Gasteiger partial charge in [0.05, 0.1) is 4.47 Å². The Morgan fingerprint density at radius 1 is 1.11 bits per heavy atom. The van der Waals surface area contributed by atoms with Crippen LogP contribution in [0.1, 0.15) is 16.7 Å². The third kappa shape index (κ3) is 3.61. The lowest BCUT2D eigenvalue weighted by Crippen LogP contribution is -2.15. The van der Waals surface area contributed by atoms with Gasteiger partial charge >= 0.3 is 0 Å². The molecule has 0 bridgehead atoms. The fourth-order valence-corrected chi connectivity index (χ4v) is 2.26. The van der Waals surface area contributed by atoms with Crippen LogP contribution in [0.3, 0.4) is 0 Å². The van der Waals surface area contributed by atoms with E-state index < -0.39 is 11.6 Å². The lowest BCUT2D eigenvalue weighted by atomic mass is 10.1.